The van der Waals surface area contributed by atoms with E-state index in [9.17, 15) is 4.79 Å². The van der Waals surface area contributed by atoms with Gasteiger partial charge in [0.2, 0.25) is 0 Å². The lowest BCUT2D eigenvalue weighted by molar-refractivity contribution is -0.123. The number of nitrogens with one attached hydrogen (secondary N) is 1. The van der Waals surface area contributed by atoms with Crippen molar-refractivity contribution in [3.05, 3.63) is 29.8 Å². The molecule has 0 aliphatic heterocycles. The Morgan fingerprint density at radius 1 is 1.30 bits per heavy atom. The first-order valence-electron chi connectivity index (χ1n) is 6.92. The third kappa shape index (κ3) is 6.06. The normalized spacial score (nSPS) is 11.2. The van der Waals surface area contributed by atoms with Gasteiger partial charge in [-0.3, -0.25) is 4.79 Å². The van der Waals surface area contributed by atoms with Crippen LogP contribution in [0.1, 0.15) is 32.8 Å². The van der Waals surface area contributed by atoms with Crippen LogP contribution in [0, 0.1) is 0 Å². The van der Waals surface area contributed by atoms with Gasteiger partial charge >= 0.3 is 0 Å². The third-order valence-corrected chi connectivity index (χ3v) is 2.92. The van der Waals surface area contributed by atoms with Gasteiger partial charge in [-0.2, -0.15) is 0 Å². The Morgan fingerprint density at radius 2 is 2.05 bits per heavy atom. The molecular formula is C16H25NO3. The van der Waals surface area contributed by atoms with Gasteiger partial charge in [-0.05, 0) is 29.5 Å². The topological polar surface area (TPSA) is 47.6 Å². The second-order valence-electron chi connectivity index (χ2n) is 5.76. The largest absolute Gasteiger partial charge is 0.484 e. The third-order valence-electron chi connectivity index (χ3n) is 2.92. The van der Waals surface area contributed by atoms with Crippen molar-refractivity contribution in [3.63, 3.8) is 0 Å². The zero-order valence-corrected chi connectivity index (χ0v) is 12.9. The van der Waals surface area contributed by atoms with E-state index >= 15 is 0 Å². The first kappa shape index (κ1) is 16.5. The summed E-state index contributed by atoms with van der Waals surface area (Å²) in [6, 6.07) is 7.87. The fourth-order valence-corrected chi connectivity index (χ4v) is 1.70. The first-order chi connectivity index (χ1) is 9.43. The minimum absolute atomic E-state index is 0.0422. The number of benzene rings is 1. The molecule has 4 nitrogen and oxygen atoms in total. The van der Waals surface area contributed by atoms with Gasteiger partial charge in [-0.15, -0.1) is 0 Å². The van der Waals surface area contributed by atoms with Gasteiger partial charge in [0.25, 0.3) is 5.91 Å². The second kappa shape index (κ2) is 7.90. The van der Waals surface area contributed by atoms with E-state index in [0.717, 1.165) is 12.2 Å². The number of rotatable bonds is 7. The average molecular weight is 279 g/mol. The quantitative estimate of drug-likeness (QED) is 0.780. The molecule has 0 fully saturated rings. The maximum absolute atomic E-state index is 11.6. The summed E-state index contributed by atoms with van der Waals surface area (Å²) >= 11 is 0. The molecular weight excluding hydrogens is 254 g/mol. The lowest BCUT2D eigenvalue weighted by Gasteiger charge is -2.19. The highest BCUT2D eigenvalue weighted by Crippen LogP contribution is 2.25. The molecule has 0 aliphatic carbocycles. The SMILES string of the molecule is COCCCNC(=O)COc1cccc(C(C)(C)C)c1. The highest BCUT2D eigenvalue weighted by atomic mass is 16.5. The molecule has 1 amide bonds. The molecule has 0 saturated heterocycles. The summed E-state index contributed by atoms with van der Waals surface area (Å²) in [6.45, 7) is 7.74. The molecule has 1 rings (SSSR count). The Morgan fingerprint density at radius 3 is 2.70 bits per heavy atom. The molecule has 0 radical (unpaired) electrons. The van der Waals surface area contributed by atoms with Crippen LogP contribution in [0.25, 0.3) is 0 Å². The summed E-state index contributed by atoms with van der Waals surface area (Å²) in [4.78, 5) is 11.6. The van der Waals surface area contributed by atoms with Crippen molar-refractivity contribution in [2.75, 3.05) is 26.9 Å². The Balaban J connectivity index is 2.40. The van der Waals surface area contributed by atoms with Gasteiger partial charge in [0, 0.05) is 20.3 Å². The minimum atomic E-state index is -0.109. The van der Waals surface area contributed by atoms with Gasteiger partial charge in [0.05, 0.1) is 0 Å². The fraction of sp³-hybridized carbons (Fsp3) is 0.562. The van der Waals surface area contributed by atoms with Crippen molar-refractivity contribution in [1.82, 2.24) is 5.32 Å². The van der Waals surface area contributed by atoms with Crippen LogP contribution in [0.2, 0.25) is 0 Å². The predicted molar refractivity (Wildman–Crippen MR) is 80.1 cm³/mol. The molecule has 0 atom stereocenters. The molecule has 0 aromatic heterocycles. The second-order valence-corrected chi connectivity index (χ2v) is 5.76. The van der Waals surface area contributed by atoms with E-state index in [1.807, 2.05) is 18.2 Å². The summed E-state index contributed by atoms with van der Waals surface area (Å²) in [5.74, 6) is 0.617. The highest BCUT2D eigenvalue weighted by molar-refractivity contribution is 5.77. The molecule has 20 heavy (non-hydrogen) atoms. The molecule has 1 aromatic rings. The molecule has 0 heterocycles. The molecule has 0 spiro atoms. The molecule has 1 aromatic carbocycles. The number of amides is 1. The summed E-state index contributed by atoms with van der Waals surface area (Å²) in [7, 11) is 1.65. The highest BCUT2D eigenvalue weighted by Gasteiger charge is 2.14. The van der Waals surface area contributed by atoms with Crippen LogP contribution in [-0.2, 0) is 14.9 Å². The van der Waals surface area contributed by atoms with Crippen molar-refractivity contribution >= 4 is 5.91 Å². The van der Waals surface area contributed by atoms with Crippen LogP contribution in [0.3, 0.4) is 0 Å². The van der Waals surface area contributed by atoms with Crippen molar-refractivity contribution in [3.8, 4) is 5.75 Å². The van der Waals surface area contributed by atoms with E-state index in [-0.39, 0.29) is 17.9 Å². The van der Waals surface area contributed by atoms with Gasteiger partial charge in [-0.1, -0.05) is 32.9 Å². The van der Waals surface area contributed by atoms with E-state index in [1.165, 1.54) is 5.56 Å². The Bertz CT molecular complexity index is 424. The van der Waals surface area contributed by atoms with Crippen LogP contribution >= 0.6 is 0 Å². The van der Waals surface area contributed by atoms with Gasteiger partial charge in [0.1, 0.15) is 5.75 Å². The number of hydrogen-bond donors (Lipinski definition) is 1. The van der Waals surface area contributed by atoms with Crippen molar-refractivity contribution in [1.29, 1.82) is 0 Å². The molecule has 0 bridgehead atoms. The van der Waals surface area contributed by atoms with Crippen LogP contribution in [0.5, 0.6) is 5.75 Å². The summed E-state index contributed by atoms with van der Waals surface area (Å²) in [5, 5.41) is 2.79. The predicted octanol–water partition coefficient (Wildman–Crippen LogP) is 2.52. The van der Waals surface area contributed by atoms with Crippen LogP contribution in [0.4, 0.5) is 0 Å². The monoisotopic (exact) mass is 279 g/mol. The minimum Gasteiger partial charge on any atom is -0.484 e. The van der Waals surface area contributed by atoms with Gasteiger partial charge in [-0.25, -0.2) is 0 Å². The lowest BCUT2D eigenvalue weighted by Crippen LogP contribution is -2.30. The van der Waals surface area contributed by atoms with Gasteiger partial charge in [0.15, 0.2) is 6.61 Å². The van der Waals surface area contributed by atoms with E-state index in [1.54, 1.807) is 7.11 Å². The smallest absolute Gasteiger partial charge is 0.257 e. The maximum Gasteiger partial charge on any atom is 0.257 e. The fourth-order valence-electron chi connectivity index (χ4n) is 1.70. The van der Waals surface area contributed by atoms with E-state index in [2.05, 4.69) is 32.2 Å². The number of hydrogen-bond acceptors (Lipinski definition) is 3. The Labute approximate surface area is 121 Å². The summed E-state index contributed by atoms with van der Waals surface area (Å²) in [6.07, 6.45) is 0.807. The van der Waals surface area contributed by atoms with E-state index in [0.29, 0.717) is 13.2 Å². The number of methoxy groups -OCH3 is 1. The molecule has 0 saturated carbocycles. The van der Waals surface area contributed by atoms with Crippen LogP contribution in [0.15, 0.2) is 24.3 Å². The maximum atomic E-state index is 11.6. The van der Waals surface area contributed by atoms with Crippen molar-refractivity contribution < 1.29 is 14.3 Å². The molecule has 0 unspecified atom stereocenters. The molecule has 112 valence electrons. The van der Waals surface area contributed by atoms with E-state index < -0.39 is 0 Å². The Hall–Kier alpha value is -1.55. The average Bonchev–Trinajstić information content (AvgIpc) is 2.41. The number of ether oxygens (including phenoxy) is 2. The van der Waals surface area contributed by atoms with Crippen LogP contribution in [-0.4, -0.2) is 32.8 Å². The zero-order chi connectivity index (χ0) is 15.0. The molecule has 0 aliphatic rings. The van der Waals surface area contributed by atoms with E-state index in [4.69, 9.17) is 9.47 Å². The van der Waals surface area contributed by atoms with Crippen LogP contribution < -0.4 is 10.1 Å². The van der Waals surface area contributed by atoms with Crippen molar-refractivity contribution in [2.45, 2.75) is 32.6 Å². The van der Waals surface area contributed by atoms with Crippen molar-refractivity contribution in [2.24, 2.45) is 0 Å². The Kier molecular flexibility index (Phi) is 6.52. The zero-order valence-electron chi connectivity index (χ0n) is 12.9. The summed E-state index contributed by atoms with van der Waals surface area (Å²) in [5.41, 5.74) is 1.26. The summed E-state index contributed by atoms with van der Waals surface area (Å²) < 4.78 is 10.4. The first-order valence-corrected chi connectivity index (χ1v) is 6.92. The number of carbonyl (C=O) groups excluding carboxylic acids is 1. The standard InChI is InChI=1S/C16H25NO3/c1-16(2,3)13-7-5-8-14(11-13)20-12-15(18)17-9-6-10-19-4/h5,7-8,11H,6,9-10,12H2,1-4H3,(H,17,18). The molecule has 1 N–H and O–H groups in total. The number of carbonyl (C=O) groups is 1. The lowest BCUT2D eigenvalue weighted by atomic mass is 9.87. The molecule has 4 heteroatoms. The van der Waals surface area contributed by atoms with Gasteiger partial charge < -0.3 is 14.8 Å².